The zero-order valence-electron chi connectivity index (χ0n) is 19.6. The molecule has 1 amide bonds. The van der Waals surface area contributed by atoms with Gasteiger partial charge in [0.1, 0.15) is 5.60 Å². The molecule has 3 N–H and O–H groups in total. The molecule has 0 radical (unpaired) electrons. The van der Waals surface area contributed by atoms with E-state index in [1.807, 2.05) is 37.3 Å². The summed E-state index contributed by atoms with van der Waals surface area (Å²) in [5.41, 5.74) is 3.01. The molecule has 0 aliphatic heterocycles. The molecule has 0 saturated heterocycles. The zero-order chi connectivity index (χ0) is 23.4. The van der Waals surface area contributed by atoms with E-state index in [0.29, 0.717) is 35.9 Å². The van der Waals surface area contributed by atoms with Gasteiger partial charge in [-0.2, -0.15) is 0 Å². The molecule has 1 aromatic heterocycles. The van der Waals surface area contributed by atoms with Crippen molar-refractivity contribution in [2.75, 3.05) is 5.32 Å². The van der Waals surface area contributed by atoms with Gasteiger partial charge in [0, 0.05) is 23.1 Å². The molecule has 2 fully saturated rings. The first-order chi connectivity index (χ1) is 15.8. The number of benzene rings is 1. The lowest BCUT2D eigenvalue weighted by Crippen LogP contribution is -2.54. The summed E-state index contributed by atoms with van der Waals surface area (Å²) >= 11 is 0. The highest BCUT2D eigenvalue weighted by atomic mass is 16.3. The van der Waals surface area contributed by atoms with Crippen molar-refractivity contribution in [3.63, 3.8) is 0 Å². The van der Waals surface area contributed by atoms with Crippen LogP contribution >= 0.6 is 0 Å². The van der Waals surface area contributed by atoms with Gasteiger partial charge >= 0.3 is 0 Å². The minimum absolute atomic E-state index is 0.0430. The third kappa shape index (κ3) is 3.39. The van der Waals surface area contributed by atoms with Crippen LogP contribution in [0.25, 0.3) is 0 Å². The number of aryl methyl sites for hydroxylation is 2. The van der Waals surface area contributed by atoms with Crippen LogP contribution in [0.3, 0.4) is 0 Å². The average Bonchev–Trinajstić information content (AvgIpc) is 3.05. The predicted molar refractivity (Wildman–Crippen MR) is 128 cm³/mol. The highest BCUT2D eigenvalue weighted by Crippen LogP contribution is 2.64. The highest BCUT2D eigenvalue weighted by molar-refractivity contribution is 6.04. The summed E-state index contributed by atoms with van der Waals surface area (Å²) in [6.07, 6.45) is 5.17. The number of pyridine rings is 1. The van der Waals surface area contributed by atoms with Crippen molar-refractivity contribution in [3.05, 3.63) is 58.9 Å². The van der Waals surface area contributed by atoms with Crippen LogP contribution in [-0.4, -0.2) is 32.8 Å². The number of aliphatic hydroxyl groups excluding tert-OH is 1. The fraction of sp³-hybridized carbons (Fsp3) is 0.500. The average molecular weight is 445 g/mol. The Balaban J connectivity index is 1.42. The van der Waals surface area contributed by atoms with E-state index >= 15 is 0 Å². The summed E-state index contributed by atoms with van der Waals surface area (Å²) in [5.74, 6) is 6.56. The second-order valence-electron chi connectivity index (χ2n) is 10.3. The predicted octanol–water partition coefficient (Wildman–Crippen LogP) is 4.22. The molecule has 3 aliphatic rings. The molecule has 1 aromatic carbocycles. The van der Waals surface area contributed by atoms with Crippen LogP contribution in [0.1, 0.15) is 72.6 Å². The van der Waals surface area contributed by atoms with Crippen LogP contribution in [0, 0.1) is 36.0 Å². The molecule has 5 heteroatoms. The van der Waals surface area contributed by atoms with Crippen molar-refractivity contribution in [1.29, 1.82) is 0 Å². The molecule has 5 rings (SSSR count). The number of aromatic nitrogens is 1. The van der Waals surface area contributed by atoms with Gasteiger partial charge in [-0.05, 0) is 93.2 Å². The molecule has 6 atom stereocenters. The zero-order valence-corrected chi connectivity index (χ0v) is 19.6. The number of carbonyl (C=O) groups excluding carboxylic acids is 1. The fourth-order valence-corrected chi connectivity index (χ4v) is 7.03. The third-order valence-electron chi connectivity index (χ3n) is 8.70. The highest BCUT2D eigenvalue weighted by Gasteiger charge is 2.63. The number of fused-ring (bicyclic) bond motifs is 5. The normalized spacial score (nSPS) is 34.3. The van der Waals surface area contributed by atoms with E-state index in [2.05, 4.69) is 29.1 Å². The van der Waals surface area contributed by atoms with Crippen LogP contribution in [-0.2, 0) is 6.42 Å². The first-order valence-electron chi connectivity index (χ1n) is 12.0. The van der Waals surface area contributed by atoms with E-state index in [0.717, 1.165) is 36.1 Å². The quantitative estimate of drug-likeness (QED) is 0.606. The number of carbonyl (C=O) groups is 1. The Morgan fingerprint density at radius 3 is 2.85 bits per heavy atom. The number of anilines is 1. The van der Waals surface area contributed by atoms with Crippen molar-refractivity contribution >= 4 is 11.6 Å². The van der Waals surface area contributed by atoms with Crippen molar-refractivity contribution in [3.8, 4) is 11.8 Å². The van der Waals surface area contributed by atoms with Crippen LogP contribution in [0.15, 0.2) is 36.5 Å². The first kappa shape index (κ1) is 22.1. The van der Waals surface area contributed by atoms with E-state index in [9.17, 15) is 15.0 Å². The second-order valence-corrected chi connectivity index (χ2v) is 10.3. The Hall–Kier alpha value is -2.68. The molecule has 172 valence electrons. The largest absolute Gasteiger partial charge is 0.392 e. The summed E-state index contributed by atoms with van der Waals surface area (Å²) in [5, 5.41) is 25.6. The Morgan fingerprint density at radius 2 is 2.09 bits per heavy atom. The van der Waals surface area contributed by atoms with Crippen molar-refractivity contribution in [2.45, 2.75) is 70.5 Å². The maximum atomic E-state index is 12.9. The standard InChI is InChI=1S/C28H32N2O3/c1-4-12-28(33)13-11-22-21-10-7-18-15-19(26(32)30-23-6-5-14-29-17(23)2)8-9-20(18)25(21)24(31)16-27(22,28)3/h5-6,8-9,14-15,21-22,24-25,31,33H,7,10-11,13,16H2,1-3H3,(H,30,32)/t21-,22-,24+,25+,27-,28-/m0/s1. The maximum Gasteiger partial charge on any atom is 0.255 e. The molecule has 0 spiro atoms. The summed E-state index contributed by atoms with van der Waals surface area (Å²) in [6, 6.07) is 9.56. The second kappa shape index (κ2) is 7.97. The molecule has 1 heterocycles. The first-order valence-corrected chi connectivity index (χ1v) is 12.0. The topological polar surface area (TPSA) is 82.5 Å². The van der Waals surface area contributed by atoms with Crippen molar-refractivity contribution in [1.82, 2.24) is 4.98 Å². The SMILES string of the molecule is CC#C[C@]1(O)CC[C@H]2[C@@H]3CCc4cc(C(=O)Nc5cccnc5C)ccc4[C@H]3[C@H](O)C[C@@]21C. The molecule has 0 unspecified atom stereocenters. The van der Waals surface area contributed by atoms with Crippen LogP contribution < -0.4 is 5.32 Å². The van der Waals surface area contributed by atoms with Gasteiger partial charge in [0.25, 0.3) is 5.91 Å². The lowest BCUT2D eigenvalue weighted by Gasteiger charge is -2.54. The number of hydrogen-bond acceptors (Lipinski definition) is 4. The van der Waals surface area contributed by atoms with Gasteiger partial charge in [-0.25, -0.2) is 0 Å². The minimum atomic E-state index is -1.02. The van der Waals surface area contributed by atoms with Gasteiger partial charge < -0.3 is 15.5 Å². The van der Waals surface area contributed by atoms with Gasteiger partial charge in [-0.1, -0.05) is 18.9 Å². The lowest BCUT2D eigenvalue weighted by atomic mass is 9.52. The van der Waals surface area contributed by atoms with E-state index < -0.39 is 17.1 Å². The Morgan fingerprint density at radius 1 is 1.27 bits per heavy atom. The Labute approximate surface area is 195 Å². The van der Waals surface area contributed by atoms with Gasteiger partial charge in [-0.15, -0.1) is 5.92 Å². The molecular formula is C28H32N2O3. The number of rotatable bonds is 2. The van der Waals surface area contributed by atoms with E-state index in [1.54, 1.807) is 13.1 Å². The van der Waals surface area contributed by atoms with Gasteiger partial charge in [-0.3, -0.25) is 9.78 Å². The number of hydrogen-bond donors (Lipinski definition) is 3. The molecule has 5 nitrogen and oxygen atoms in total. The lowest BCUT2D eigenvalue weighted by molar-refractivity contribution is -0.107. The summed E-state index contributed by atoms with van der Waals surface area (Å²) in [6.45, 7) is 5.77. The third-order valence-corrected chi connectivity index (χ3v) is 8.70. The Kier molecular flexibility index (Phi) is 5.34. The summed E-state index contributed by atoms with van der Waals surface area (Å²) in [4.78, 5) is 17.1. The molecule has 2 saturated carbocycles. The summed E-state index contributed by atoms with van der Waals surface area (Å²) < 4.78 is 0. The van der Waals surface area contributed by atoms with Gasteiger partial charge in [0.2, 0.25) is 0 Å². The number of amides is 1. The Bertz CT molecular complexity index is 1170. The van der Waals surface area contributed by atoms with Crippen LogP contribution in [0.2, 0.25) is 0 Å². The van der Waals surface area contributed by atoms with Crippen LogP contribution in [0.5, 0.6) is 0 Å². The van der Waals surface area contributed by atoms with E-state index in [-0.39, 0.29) is 11.8 Å². The molecule has 0 bridgehead atoms. The summed E-state index contributed by atoms with van der Waals surface area (Å²) in [7, 11) is 0. The van der Waals surface area contributed by atoms with Crippen molar-refractivity contribution in [2.24, 2.45) is 17.3 Å². The minimum Gasteiger partial charge on any atom is -0.392 e. The monoisotopic (exact) mass is 444 g/mol. The smallest absolute Gasteiger partial charge is 0.255 e. The molecule has 3 aliphatic carbocycles. The van der Waals surface area contributed by atoms with E-state index in [1.165, 1.54) is 0 Å². The molecular weight excluding hydrogens is 412 g/mol. The van der Waals surface area contributed by atoms with Gasteiger partial charge in [0.15, 0.2) is 0 Å². The number of nitrogens with zero attached hydrogens (tertiary/aromatic N) is 1. The number of aliphatic hydroxyl groups is 2. The van der Waals surface area contributed by atoms with Gasteiger partial charge in [0.05, 0.1) is 17.5 Å². The fourth-order valence-electron chi connectivity index (χ4n) is 7.03. The number of nitrogens with one attached hydrogen (secondary N) is 1. The van der Waals surface area contributed by atoms with E-state index in [4.69, 9.17) is 0 Å². The molecule has 33 heavy (non-hydrogen) atoms. The van der Waals surface area contributed by atoms with Crippen molar-refractivity contribution < 1.29 is 15.0 Å². The molecule has 2 aromatic rings. The maximum absolute atomic E-state index is 12.9. The van der Waals surface area contributed by atoms with Crippen LogP contribution in [0.4, 0.5) is 5.69 Å².